The molecule has 0 bridgehead atoms. The molecule has 2 aromatic carbocycles. The zero-order chi connectivity index (χ0) is 22.1. The van der Waals surface area contributed by atoms with Gasteiger partial charge in [-0.05, 0) is 74.5 Å². The zero-order valence-electron chi connectivity index (χ0n) is 17.9. The van der Waals surface area contributed by atoms with Gasteiger partial charge in [0.15, 0.2) is 0 Å². The third-order valence-corrected chi connectivity index (χ3v) is 7.49. The molecule has 2 aliphatic heterocycles. The lowest BCUT2D eigenvalue weighted by molar-refractivity contribution is 0.0687. The first kappa shape index (κ1) is 22.1. The number of hydrogen-bond donors (Lipinski definition) is 0. The summed E-state index contributed by atoms with van der Waals surface area (Å²) >= 11 is 0. The monoisotopic (exact) mass is 446 g/mol. The fourth-order valence-corrected chi connectivity index (χ4v) is 5.27. The fourth-order valence-electron chi connectivity index (χ4n) is 4.75. The topological polar surface area (TPSA) is 40.6 Å². The van der Waals surface area contributed by atoms with Gasteiger partial charge in [-0.1, -0.05) is 12.1 Å². The Hall–Kier alpha value is -2.12. The van der Waals surface area contributed by atoms with Gasteiger partial charge >= 0.3 is 0 Å². The molecule has 1 amide bonds. The maximum absolute atomic E-state index is 15.0. The van der Waals surface area contributed by atoms with Gasteiger partial charge in [-0.25, -0.2) is 8.78 Å². The molecule has 2 saturated heterocycles. The number of likely N-dealkylation sites (tertiary alicyclic amines) is 2. The summed E-state index contributed by atoms with van der Waals surface area (Å²) < 4.78 is 41.5. The summed E-state index contributed by atoms with van der Waals surface area (Å²) in [6, 6.07) is 9.61. The zero-order valence-corrected chi connectivity index (χ0v) is 18.8. The van der Waals surface area contributed by atoms with E-state index in [1.807, 2.05) is 0 Å². The van der Waals surface area contributed by atoms with Crippen LogP contribution in [-0.4, -0.2) is 57.9 Å². The van der Waals surface area contributed by atoms with Gasteiger partial charge in [0.2, 0.25) is 0 Å². The van der Waals surface area contributed by atoms with Crippen LogP contribution in [0.5, 0.6) is 0 Å². The molecule has 0 aromatic heterocycles. The molecule has 0 spiro atoms. The number of halogens is 2. The van der Waals surface area contributed by atoms with Gasteiger partial charge in [0.25, 0.3) is 5.91 Å². The second kappa shape index (κ2) is 9.17. The minimum Gasteiger partial charge on any atom is -0.334 e. The van der Waals surface area contributed by atoms with Crippen LogP contribution in [0.25, 0.3) is 11.1 Å². The molecular formula is C24H28F2N2O2S. The van der Waals surface area contributed by atoms with Crippen molar-refractivity contribution < 1.29 is 17.8 Å². The molecule has 2 aliphatic rings. The van der Waals surface area contributed by atoms with Crippen LogP contribution in [-0.2, 0) is 10.8 Å². The number of nitrogens with zero attached hydrogens (tertiary/aromatic N) is 2. The van der Waals surface area contributed by atoms with Crippen LogP contribution >= 0.6 is 0 Å². The maximum Gasteiger partial charge on any atom is 0.260 e. The van der Waals surface area contributed by atoms with E-state index >= 15 is 0 Å². The Balaban J connectivity index is 1.56. The summed E-state index contributed by atoms with van der Waals surface area (Å²) in [5, 5.41) is 0. The molecule has 2 heterocycles. The van der Waals surface area contributed by atoms with E-state index in [2.05, 4.69) is 11.8 Å². The van der Waals surface area contributed by atoms with Crippen molar-refractivity contribution in [1.82, 2.24) is 9.80 Å². The van der Waals surface area contributed by atoms with Crippen LogP contribution in [0.3, 0.4) is 0 Å². The highest BCUT2D eigenvalue weighted by Crippen LogP contribution is 2.29. The molecule has 0 saturated carbocycles. The number of carbonyl (C=O) groups excluding carboxylic acids is 1. The summed E-state index contributed by atoms with van der Waals surface area (Å²) in [5.74, 6) is -2.25. The van der Waals surface area contributed by atoms with Crippen molar-refractivity contribution in [3.8, 4) is 11.1 Å². The number of benzene rings is 2. The molecule has 31 heavy (non-hydrogen) atoms. The Bertz CT molecular complexity index is 973. The molecule has 4 rings (SSSR count). The standard InChI is InChI=1S/C24H28F2N2O2S/c1-16-5-3-11-27(16)15-19-6-4-12-28(19)24(29)23-21(25)13-18(14-22(23)26)17-7-9-20(10-8-17)31(2)30/h7-10,13-14,16,19H,3-6,11-12,15H2,1-2H3. The molecular weight excluding hydrogens is 418 g/mol. The highest BCUT2D eigenvalue weighted by atomic mass is 32.2. The van der Waals surface area contributed by atoms with E-state index in [4.69, 9.17) is 0 Å². The molecule has 4 nitrogen and oxygen atoms in total. The molecule has 2 fully saturated rings. The summed E-state index contributed by atoms with van der Waals surface area (Å²) in [6.45, 7) is 4.50. The van der Waals surface area contributed by atoms with Gasteiger partial charge < -0.3 is 4.90 Å². The smallest absolute Gasteiger partial charge is 0.260 e. The van der Waals surface area contributed by atoms with Gasteiger partial charge in [0.1, 0.15) is 17.2 Å². The Kier molecular flexibility index (Phi) is 6.53. The highest BCUT2D eigenvalue weighted by Gasteiger charge is 2.35. The van der Waals surface area contributed by atoms with Gasteiger partial charge in [-0.3, -0.25) is 13.9 Å². The van der Waals surface area contributed by atoms with Crippen LogP contribution in [0.4, 0.5) is 8.78 Å². The summed E-state index contributed by atoms with van der Waals surface area (Å²) in [4.78, 5) is 17.8. The van der Waals surface area contributed by atoms with E-state index in [1.54, 1.807) is 35.4 Å². The third-order valence-electron chi connectivity index (χ3n) is 6.55. The van der Waals surface area contributed by atoms with Gasteiger partial charge in [-0.2, -0.15) is 0 Å². The first-order valence-electron chi connectivity index (χ1n) is 10.8. The minimum absolute atomic E-state index is 0.00557. The van der Waals surface area contributed by atoms with Crippen molar-refractivity contribution in [3.63, 3.8) is 0 Å². The minimum atomic E-state index is -1.12. The molecule has 2 aromatic rings. The second-order valence-corrected chi connectivity index (χ2v) is 9.95. The van der Waals surface area contributed by atoms with Crippen molar-refractivity contribution in [3.05, 3.63) is 53.6 Å². The van der Waals surface area contributed by atoms with Crippen LogP contribution in [0.1, 0.15) is 43.0 Å². The van der Waals surface area contributed by atoms with Crippen LogP contribution < -0.4 is 0 Å². The van der Waals surface area contributed by atoms with Crippen molar-refractivity contribution in [1.29, 1.82) is 0 Å². The Morgan fingerprint density at radius 1 is 1.03 bits per heavy atom. The first-order valence-corrected chi connectivity index (χ1v) is 12.4. The summed E-state index contributed by atoms with van der Waals surface area (Å²) in [7, 11) is -1.12. The third kappa shape index (κ3) is 4.58. The predicted molar refractivity (Wildman–Crippen MR) is 118 cm³/mol. The molecule has 166 valence electrons. The first-order chi connectivity index (χ1) is 14.8. The van der Waals surface area contributed by atoms with E-state index < -0.39 is 33.9 Å². The van der Waals surface area contributed by atoms with Gasteiger partial charge in [0.05, 0.1) is 0 Å². The molecule has 3 atom stereocenters. The number of carbonyl (C=O) groups is 1. The predicted octanol–water partition coefficient (Wildman–Crippen LogP) is 4.46. The van der Waals surface area contributed by atoms with Crippen LogP contribution in [0.15, 0.2) is 41.3 Å². The molecule has 7 heteroatoms. The van der Waals surface area contributed by atoms with Crippen LogP contribution in [0, 0.1) is 11.6 Å². The van der Waals surface area contributed by atoms with Gasteiger partial charge in [0, 0.05) is 47.1 Å². The lowest BCUT2D eigenvalue weighted by Crippen LogP contribution is -2.44. The van der Waals surface area contributed by atoms with Crippen molar-refractivity contribution in [2.45, 2.75) is 49.6 Å². The summed E-state index contributed by atoms with van der Waals surface area (Å²) in [6.07, 6.45) is 5.60. The number of amides is 1. The summed E-state index contributed by atoms with van der Waals surface area (Å²) in [5.41, 5.74) is 0.480. The molecule has 0 aliphatic carbocycles. The Morgan fingerprint density at radius 3 is 2.26 bits per heavy atom. The maximum atomic E-state index is 15.0. The quantitative estimate of drug-likeness (QED) is 0.681. The normalized spacial score (nSPS) is 22.8. The largest absolute Gasteiger partial charge is 0.334 e. The highest BCUT2D eigenvalue weighted by molar-refractivity contribution is 7.84. The van der Waals surface area contributed by atoms with Gasteiger partial charge in [-0.15, -0.1) is 0 Å². The van der Waals surface area contributed by atoms with E-state index in [9.17, 15) is 17.8 Å². The Morgan fingerprint density at radius 2 is 1.68 bits per heavy atom. The average Bonchev–Trinajstić information content (AvgIpc) is 3.37. The molecule has 0 N–H and O–H groups in total. The van der Waals surface area contributed by atoms with Crippen molar-refractivity contribution in [2.24, 2.45) is 0 Å². The number of rotatable bonds is 5. The Labute approximate surface area is 184 Å². The van der Waals surface area contributed by atoms with E-state index in [1.165, 1.54) is 12.1 Å². The lowest BCUT2D eigenvalue weighted by atomic mass is 10.0. The van der Waals surface area contributed by atoms with E-state index in [0.717, 1.165) is 38.8 Å². The SMILES string of the molecule is CC1CCCN1CC1CCCN1C(=O)c1c(F)cc(-c2ccc(S(C)=O)cc2)cc1F. The second-order valence-electron chi connectivity index (χ2n) is 8.57. The van der Waals surface area contributed by atoms with Crippen molar-refractivity contribution in [2.75, 3.05) is 25.9 Å². The lowest BCUT2D eigenvalue weighted by Gasteiger charge is -2.31. The van der Waals surface area contributed by atoms with E-state index in [0.29, 0.717) is 28.6 Å². The average molecular weight is 447 g/mol. The van der Waals surface area contributed by atoms with Crippen molar-refractivity contribution >= 4 is 16.7 Å². The fraction of sp³-hybridized carbons (Fsp3) is 0.458. The molecule has 0 radical (unpaired) electrons. The molecule has 3 unspecified atom stereocenters. The van der Waals surface area contributed by atoms with Crippen LogP contribution in [0.2, 0.25) is 0 Å². The van der Waals surface area contributed by atoms with E-state index in [-0.39, 0.29) is 6.04 Å². The number of hydrogen-bond acceptors (Lipinski definition) is 3.